The van der Waals surface area contributed by atoms with Gasteiger partial charge in [-0.1, -0.05) is 12.8 Å². The van der Waals surface area contributed by atoms with Gasteiger partial charge >= 0.3 is 0 Å². The van der Waals surface area contributed by atoms with Gasteiger partial charge in [-0.25, -0.2) is 4.39 Å². The molecule has 2 aliphatic rings. The lowest BCUT2D eigenvalue weighted by molar-refractivity contribution is -0.116. The van der Waals surface area contributed by atoms with Crippen molar-refractivity contribution < 1.29 is 14.0 Å². The van der Waals surface area contributed by atoms with Crippen molar-refractivity contribution in [2.75, 3.05) is 17.2 Å². The quantitative estimate of drug-likeness (QED) is 0.491. The number of rotatable bonds is 6. The van der Waals surface area contributed by atoms with E-state index in [1.165, 1.54) is 37.8 Å². The number of aromatic nitrogens is 1. The van der Waals surface area contributed by atoms with E-state index in [9.17, 15) is 14.0 Å². The fourth-order valence-corrected chi connectivity index (χ4v) is 4.28. The Balaban J connectivity index is 0.00000272. The smallest absolute Gasteiger partial charge is 0.256 e. The van der Waals surface area contributed by atoms with Crippen LogP contribution in [0.15, 0.2) is 18.2 Å². The summed E-state index contributed by atoms with van der Waals surface area (Å²) in [7, 11) is 0. The molecule has 4 N–H and O–H groups in total. The second-order valence-electron chi connectivity index (χ2n) is 8.10. The number of H-pyrrole nitrogens is 1. The first kappa shape index (κ1) is 23.0. The SMILES string of the molecule is Cc1[nH]c(/C=C2\C(=O)Nc3ccc(F)cc32)c(C)c1NC(=O)CCNC1CCCC1.Cl. The van der Waals surface area contributed by atoms with Crippen LogP contribution < -0.4 is 16.0 Å². The number of amides is 2. The normalized spacial score (nSPS) is 16.9. The number of hydrogen-bond donors (Lipinski definition) is 4. The fraction of sp³-hybridized carbons (Fsp3) is 0.391. The maximum Gasteiger partial charge on any atom is 0.256 e. The molecule has 6 nitrogen and oxygen atoms in total. The van der Waals surface area contributed by atoms with Crippen molar-refractivity contribution in [2.24, 2.45) is 0 Å². The summed E-state index contributed by atoms with van der Waals surface area (Å²) in [5.41, 5.74) is 4.63. The molecule has 1 aromatic carbocycles. The van der Waals surface area contributed by atoms with Crippen LogP contribution in [0.3, 0.4) is 0 Å². The summed E-state index contributed by atoms with van der Waals surface area (Å²) >= 11 is 0. The molecule has 0 atom stereocenters. The number of carbonyl (C=O) groups is 2. The van der Waals surface area contributed by atoms with Crippen molar-refractivity contribution in [3.05, 3.63) is 46.5 Å². The number of nitrogens with one attached hydrogen (secondary N) is 4. The van der Waals surface area contributed by atoms with Gasteiger partial charge in [-0.05, 0) is 56.5 Å². The van der Waals surface area contributed by atoms with Crippen LogP contribution >= 0.6 is 12.4 Å². The van der Waals surface area contributed by atoms with Crippen LogP contribution in [0.25, 0.3) is 11.6 Å². The van der Waals surface area contributed by atoms with Crippen molar-refractivity contribution in [3.63, 3.8) is 0 Å². The predicted molar refractivity (Wildman–Crippen MR) is 124 cm³/mol. The number of fused-ring (bicyclic) bond motifs is 1. The molecule has 1 aromatic heterocycles. The summed E-state index contributed by atoms with van der Waals surface area (Å²) in [6.07, 6.45) is 7.02. The molecule has 1 fully saturated rings. The zero-order valence-corrected chi connectivity index (χ0v) is 18.5. The summed E-state index contributed by atoms with van der Waals surface area (Å²) in [5, 5.41) is 9.18. The molecule has 0 bridgehead atoms. The van der Waals surface area contributed by atoms with Gasteiger partial charge in [-0.3, -0.25) is 9.59 Å². The van der Waals surface area contributed by atoms with Crippen LogP contribution in [0, 0.1) is 19.7 Å². The number of aromatic amines is 1. The van der Waals surface area contributed by atoms with Gasteiger partial charge in [-0.2, -0.15) is 0 Å². The van der Waals surface area contributed by atoms with Crippen LogP contribution in [0.2, 0.25) is 0 Å². The number of benzene rings is 1. The zero-order chi connectivity index (χ0) is 21.3. The molecule has 1 aliphatic heterocycles. The highest BCUT2D eigenvalue weighted by atomic mass is 35.5. The Morgan fingerprint density at radius 3 is 2.74 bits per heavy atom. The van der Waals surface area contributed by atoms with Gasteiger partial charge in [0.05, 0.1) is 11.3 Å². The molecular formula is C23H28ClFN4O2. The lowest BCUT2D eigenvalue weighted by atomic mass is 10.0. The van der Waals surface area contributed by atoms with Crippen molar-refractivity contribution in [3.8, 4) is 0 Å². The van der Waals surface area contributed by atoms with Gasteiger partial charge in [0.25, 0.3) is 5.91 Å². The summed E-state index contributed by atoms with van der Waals surface area (Å²) in [5.74, 6) is -0.712. The predicted octanol–water partition coefficient (Wildman–Crippen LogP) is 4.55. The van der Waals surface area contributed by atoms with Gasteiger partial charge < -0.3 is 20.9 Å². The summed E-state index contributed by atoms with van der Waals surface area (Å²) in [4.78, 5) is 28.0. The number of aryl methyl sites for hydroxylation is 1. The first-order valence-corrected chi connectivity index (χ1v) is 10.5. The average Bonchev–Trinajstić information content (AvgIpc) is 3.39. The molecule has 8 heteroatoms. The Kier molecular flexibility index (Phi) is 7.18. The Morgan fingerprint density at radius 2 is 2.00 bits per heavy atom. The van der Waals surface area contributed by atoms with Crippen molar-refractivity contribution >= 4 is 47.2 Å². The van der Waals surface area contributed by atoms with E-state index in [2.05, 4.69) is 20.9 Å². The average molecular weight is 447 g/mol. The molecule has 2 amide bonds. The third-order valence-electron chi connectivity index (χ3n) is 5.93. The Morgan fingerprint density at radius 1 is 1.26 bits per heavy atom. The molecule has 2 heterocycles. The van der Waals surface area contributed by atoms with Gasteiger partial charge in [0.2, 0.25) is 5.91 Å². The first-order valence-electron chi connectivity index (χ1n) is 10.5. The minimum atomic E-state index is -0.394. The Labute approximate surface area is 187 Å². The summed E-state index contributed by atoms with van der Waals surface area (Å²) in [6, 6.07) is 4.77. The van der Waals surface area contributed by atoms with E-state index in [4.69, 9.17) is 0 Å². The Hall–Kier alpha value is -2.64. The summed E-state index contributed by atoms with van der Waals surface area (Å²) < 4.78 is 13.7. The van der Waals surface area contributed by atoms with Gasteiger partial charge in [0, 0.05) is 41.6 Å². The standard InChI is InChI=1S/C23H27FN4O2.ClH/c1-13-20(12-18-17-11-15(24)7-8-19(17)27-23(18)30)26-14(2)22(13)28-21(29)9-10-25-16-5-3-4-6-16;/h7-8,11-12,16,25-26H,3-6,9-10H2,1-2H3,(H,27,30)(H,28,29);1H/b18-12-;. The molecule has 0 unspecified atom stereocenters. The van der Waals surface area contributed by atoms with E-state index in [1.54, 1.807) is 12.1 Å². The van der Waals surface area contributed by atoms with E-state index < -0.39 is 5.82 Å². The van der Waals surface area contributed by atoms with E-state index in [0.29, 0.717) is 41.5 Å². The number of halogens is 2. The molecular weight excluding hydrogens is 419 g/mol. The minimum Gasteiger partial charge on any atom is -0.357 e. The second-order valence-corrected chi connectivity index (χ2v) is 8.10. The molecule has 166 valence electrons. The van der Waals surface area contributed by atoms with E-state index >= 15 is 0 Å². The minimum absolute atomic E-state index is 0. The third kappa shape index (κ3) is 4.99. The molecule has 2 aromatic rings. The lowest BCUT2D eigenvalue weighted by Crippen LogP contribution is -2.29. The van der Waals surface area contributed by atoms with Crippen molar-refractivity contribution in [2.45, 2.75) is 52.0 Å². The number of carbonyl (C=O) groups excluding carboxylic acids is 2. The van der Waals surface area contributed by atoms with Gasteiger partial charge in [0.1, 0.15) is 5.82 Å². The highest BCUT2D eigenvalue weighted by molar-refractivity contribution is 6.34. The molecule has 0 radical (unpaired) electrons. The molecule has 1 aliphatic carbocycles. The van der Waals surface area contributed by atoms with Crippen LogP contribution in [-0.4, -0.2) is 29.4 Å². The second kappa shape index (κ2) is 9.66. The van der Waals surface area contributed by atoms with Crippen molar-refractivity contribution in [1.29, 1.82) is 0 Å². The lowest BCUT2D eigenvalue weighted by Gasteiger charge is -2.11. The van der Waals surface area contributed by atoms with Crippen LogP contribution in [0.5, 0.6) is 0 Å². The van der Waals surface area contributed by atoms with E-state index in [1.807, 2.05) is 13.8 Å². The molecule has 1 saturated carbocycles. The number of hydrogen-bond acceptors (Lipinski definition) is 3. The van der Waals surface area contributed by atoms with E-state index in [0.717, 1.165) is 16.9 Å². The zero-order valence-electron chi connectivity index (χ0n) is 17.7. The number of anilines is 2. The molecule has 31 heavy (non-hydrogen) atoms. The highest BCUT2D eigenvalue weighted by Crippen LogP contribution is 2.35. The largest absolute Gasteiger partial charge is 0.357 e. The third-order valence-corrected chi connectivity index (χ3v) is 5.93. The van der Waals surface area contributed by atoms with Gasteiger partial charge in [0.15, 0.2) is 0 Å². The van der Waals surface area contributed by atoms with Crippen LogP contribution in [-0.2, 0) is 9.59 Å². The first-order chi connectivity index (χ1) is 14.4. The molecule has 0 saturated heterocycles. The van der Waals surface area contributed by atoms with Crippen LogP contribution in [0.4, 0.5) is 15.8 Å². The van der Waals surface area contributed by atoms with E-state index in [-0.39, 0.29) is 24.2 Å². The van der Waals surface area contributed by atoms with Crippen LogP contribution in [0.1, 0.15) is 54.6 Å². The van der Waals surface area contributed by atoms with Crippen molar-refractivity contribution in [1.82, 2.24) is 10.3 Å². The maximum absolute atomic E-state index is 13.7. The van der Waals surface area contributed by atoms with Gasteiger partial charge in [-0.15, -0.1) is 12.4 Å². The summed E-state index contributed by atoms with van der Waals surface area (Å²) in [6.45, 7) is 4.43. The fourth-order valence-electron chi connectivity index (χ4n) is 4.28. The monoisotopic (exact) mass is 446 g/mol. The highest BCUT2D eigenvalue weighted by Gasteiger charge is 2.25. The molecule has 4 rings (SSSR count). The Bertz CT molecular complexity index is 1020. The topological polar surface area (TPSA) is 86.0 Å². The maximum atomic E-state index is 13.7. The molecule has 0 spiro atoms.